The molecule has 0 atom stereocenters. The lowest BCUT2D eigenvalue weighted by Gasteiger charge is -2.13. The first kappa shape index (κ1) is 17.4. The van der Waals surface area contributed by atoms with Crippen LogP contribution in [0.4, 0.5) is 5.69 Å². The largest absolute Gasteiger partial charge is 0.495 e. The van der Waals surface area contributed by atoms with Crippen molar-refractivity contribution in [2.45, 2.75) is 6.42 Å². The summed E-state index contributed by atoms with van der Waals surface area (Å²) in [6, 6.07) is 2.96. The Morgan fingerprint density at radius 2 is 1.81 bits per heavy atom. The van der Waals surface area contributed by atoms with E-state index in [1.54, 1.807) is 0 Å². The maximum Gasteiger partial charge on any atom is 0.313 e. The summed E-state index contributed by atoms with van der Waals surface area (Å²) in [7, 11) is 2.87. The highest BCUT2D eigenvalue weighted by atomic mass is 35.5. The smallest absolute Gasteiger partial charge is 0.313 e. The van der Waals surface area contributed by atoms with Crippen LogP contribution in [0.15, 0.2) is 12.1 Å². The van der Waals surface area contributed by atoms with Gasteiger partial charge in [0.15, 0.2) is 0 Å². The van der Waals surface area contributed by atoms with E-state index in [-0.39, 0.29) is 5.69 Å². The standard InChI is InChI=1S/C13H16Cl2N2O4/c1-20-10-7-9(11(21-2)6-8(10)15)17-13(19)12(18)16-5-3-4-14/h6-7H,3-5H2,1-2H3,(H,16,18)(H,17,19). The van der Waals surface area contributed by atoms with Crippen LogP contribution < -0.4 is 20.1 Å². The first-order valence-electron chi connectivity index (χ1n) is 6.10. The molecule has 1 aromatic carbocycles. The Bertz CT molecular complexity index is 523. The van der Waals surface area contributed by atoms with Gasteiger partial charge in [-0.3, -0.25) is 9.59 Å². The molecule has 0 aliphatic rings. The van der Waals surface area contributed by atoms with Crippen LogP contribution in [-0.2, 0) is 9.59 Å². The van der Waals surface area contributed by atoms with Crippen LogP contribution in [-0.4, -0.2) is 38.5 Å². The van der Waals surface area contributed by atoms with Crippen LogP contribution >= 0.6 is 23.2 Å². The van der Waals surface area contributed by atoms with Crippen molar-refractivity contribution in [2.75, 3.05) is 32.0 Å². The molecule has 1 rings (SSSR count). The van der Waals surface area contributed by atoms with Crippen LogP contribution in [0.3, 0.4) is 0 Å². The molecule has 0 heterocycles. The van der Waals surface area contributed by atoms with E-state index in [1.165, 1.54) is 26.4 Å². The van der Waals surface area contributed by atoms with Crippen LogP contribution in [0.5, 0.6) is 11.5 Å². The SMILES string of the molecule is COc1cc(NC(=O)C(=O)NCCCCl)c(OC)cc1Cl. The van der Waals surface area contributed by atoms with Gasteiger partial charge in [-0.25, -0.2) is 0 Å². The van der Waals surface area contributed by atoms with E-state index in [0.717, 1.165) is 0 Å². The molecule has 0 aliphatic carbocycles. The summed E-state index contributed by atoms with van der Waals surface area (Å²) < 4.78 is 10.2. The molecule has 0 unspecified atom stereocenters. The van der Waals surface area contributed by atoms with Gasteiger partial charge < -0.3 is 20.1 Å². The second kappa shape index (κ2) is 8.59. The number of alkyl halides is 1. The molecule has 0 saturated heterocycles. The van der Waals surface area contributed by atoms with Gasteiger partial charge in [0.1, 0.15) is 11.5 Å². The fourth-order valence-corrected chi connectivity index (χ4v) is 1.85. The van der Waals surface area contributed by atoms with Crippen LogP contribution in [0.2, 0.25) is 5.02 Å². The van der Waals surface area contributed by atoms with E-state index >= 15 is 0 Å². The van der Waals surface area contributed by atoms with E-state index in [0.29, 0.717) is 35.4 Å². The van der Waals surface area contributed by atoms with Gasteiger partial charge in [0.05, 0.1) is 24.9 Å². The molecule has 1 aromatic rings. The number of carbonyl (C=O) groups is 2. The number of ether oxygens (including phenoxy) is 2. The molecule has 2 N–H and O–H groups in total. The van der Waals surface area contributed by atoms with Gasteiger partial charge in [-0.05, 0) is 6.42 Å². The van der Waals surface area contributed by atoms with E-state index in [2.05, 4.69) is 10.6 Å². The zero-order valence-corrected chi connectivity index (χ0v) is 13.2. The maximum absolute atomic E-state index is 11.8. The van der Waals surface area contributed by atoms with E-state index in [4.69, 9.17) is 32.7 Å². The zero-order chi connectivity index (χ0) is 15.8. The molecule has 116 valence electrons. The van der Waals surface area contributed by atoms with E-state index < -0.39 is 11.8 Å². The number of methoxy groups -OCH3 is 2. The highest BCUT2D eigenvalue weighted by Crippen LogP contribution is 2.35. The van der Waals surface area contributed by atoms with Crippen molar-refractivity contribution in [2.24, 2.45) is 0 Å². The summed E-state index contributed by atoms with van der Waals surface area (Å²) in [6.07, 6.45) is 0.582. The average Bonchev–Trinajstić information content (AvgIpc) is 2.48. The van der Waals surface area contributed by atoms with Crippen molar-refractivity contribution in [1.82, 2.24) is 5.32 Å². The predicted molar refractivity (Wildman–Crippen MR) is 81.5 cm³/mol. The lowest BCUT2D eigenvalue weighted by atomic mass is 10.2. The number of hydrogen-bond donors (Lipinski definition) is 2. The quantitative estimate of drug-likeness (QED) is 0.474. The summed E-state index contributed by atoms with van der Waals surface area (Å²) >= 11 is 11.4. The van der Waals surface area contributed by atoms with Gasteiger partial charge >= 0.3 is 11.8 Å². The molecular weight excluding hydrogens is 319 g/mol. The van der Waals surface area contributed by atoms with E-state index in [9.17, 15) is 9.59 Å². The zero-order valence-electron chi connectivity index (χ0n) is 11.7. The average molecular weight is 335 g/mol. The van der Waals surface area contributed by atoms with Crippen LogP contribution in [0.25, 0.3) is 0 Å². The topological polar surface area (TPSA) is 76.7 Å². The fraction of sp³-hybridized carbons (Fsp3) is 0.385. The summed E-state index contributed by atoms with van der Waals surface area (Å²) in [5.41, 5.74) is 0.288. The van der Waals surface area contributed by atoms with Gasteiger partial charge in [0, 0.05) is 24.6 Å². The minimum Gasteiger partial charge on any atom is -0.495 e. The summed E-state index contributed by atoms with van der Waals surface area (Å²) in [4.78, 5) is 23.4. The Morgan fingerprint density at radius 3 is 2.38 bits per heavy atom. The Morgan fingerprint density at radius 1 is 1.14 bits per heavy atom. The number of anilines is 1. The minimum atomic E-state index is -0.813. The molecule has 0 fully saturated rings. The van der Waals surface area contributed by atoms with Crippen molar-refractivity contribution < 1.29 is 19.1 Å². The van der Waals surface area contributed by atoms with Crippen LogP contribution in [0.1, 0.15) is 6.42 Å². The molecule has 0 aliphatic heterocycles. The first-order valence-corrected chi connectivity index (χ1v) is 7.01. The lowest BCUT2D eigenvalue weighted by molar-refractivity contribution is -0.136. The van der Waals surface area contributed by atoms with Crippen molar-refractivity contribution in [3.63, 3.8) is 0 Å². The molecule has 21 heavy (non-hydrogen) atoms. The van der Waals surface area contributed by atoms with Gasteiger partial charge in [0.25, 0.3) is 0 Å². The summed E-state index contributed by atoms with van der Waals surface area (Å²) in [5.74, 6) is -0.481. The Kier molecular flexibility index (Phi) is 7.11. The van der Waals surface area contributed by atoms with E-state index in [1.807, 2.05) is 0 Å². The third-order valence-electron chi connectivity index (χ3n) is 2.52. The number of amides is 2. The van der Waals surface area contributed by atoms with Gasteiger partial charge in [-0.2, -0.15) is 0 Å². The summed E-state index contributed by atoms with van der Waals surface area (Å²) in [5, 5.41) is 5.22. The third kappa shape index (κ3) is 4.99. The first-order chi connectivity index (χ1) is 10.0. The van der Waals surface area contributed by atoms with Crippen molar-refractivity contribution in [1.29, 1.82) is 0 Å². The molecule has 8 heteroatoms. The second-order valence-corrected chi connectivity index (χ2v) is 4.72. The number of nitrogens with one attached hydrogen (secondary N) is 2. The van der Waals surface area contributed by atoms with Gasteiger partial charge in [-0.15, -0.1) is 11.6 Å². The molecule has 6 nitrogen and oxygen atoms in total. The Hall–Kier alpha value is -1.66. The number of hydrogen-bond acceptors (Lipinski definition) is 4. The fourth-order valence-electron chi connectivity index (χ4n) is 1.49. The number of rotatable bonds is 6. The van der Waals surface area contributed by atoms with Crippen LogP contribution in [0, 0.1) is 0 Å². The summed E-state index contributed by atoms with van der Waals surface area (Å²) in [6.45, 7) is 0.330. The monoisotopic (exact) mass is 334 g/mol. The van der Waals surface area contributed by atoms with Gasteiger partial charge in [-0.1, -0.05) is 11.6 Å². The second-order valence-electron chi connectivity index (χ2n) is 3.94. The lowest BCUT2D eigenvalue weighted by Crippen LogP contribution is -2.36. The molecule has 0 spiro atoms. The number of benzene rings is 1. The predicted octanol–water partition coefficient (Wildman–Crippen LogP) is 2.04. The molecule has 0 bridgehead atoms. The minimum absolute atomic E-state index is 0.288. The Balaban J connectivity index is 2.81. The highest BCUT2D eigenvalue weighted by molar-refractivity contribution is 6.40. The maximum atomic E-state index is 11.8. The van der Waals surface area contributed by atoms with Crippen molar-refractivity contribution >= 4 is 40.7 Å². The molecular formula is C13H16Cl2N2O4. The molecule has 0 saturated carbocycles. The number of carbonyl (C=O) groups excluding carboxylic acids is 2. The molecule has 2 amide bonds. The molecule has 0 radical (unpaired) electrons. The normalized spacial score (nSPS) is 9.90. The Labute approximate surface area is 132 Å². The highest BCUT2D eigenvalue weighted by Gasteiger charge is 2.17. The molecule has 0 aromatic heterocycles. The van der Waals surface area contributed by atoms with Crippen molar-refractivity contribution in [3.8, 4) is 11.5 Å². The third-order valence-corrected chi connectivity index (χ3v) is 3.09. The van der Waals surface area contributed by atoms with Gasteiger partial charge in [0.2, 0.25) is 0 Å². The number of halogens is 2. The van der Waals surface area contributed by atoms with Crippen molar-refractivity contribution in [3.05, 3.63) is 17.2 Å².